The molecule has 0 aromatic heterocycles. The van der Waals surface area contributed by atoms with E-state index in [1.54, 1.807) is 0 Å². The quantitative estimate of drug-likeness (QED) is 0.518. The van der Waals surface area contributed by atoms with Crippen molar-refractivity contribution in [2.24, 2.45) is 4.99 Å². The monoisotopic (exact) mass is 395 g/mol. The van der Waals surface area contributed by atoms with Gasteiger partial charge in [0.1, 0.15) is 10.1 Å². The molecule has 0 aromatic rings. The third-order valence-corrected chi connectivity index (χ3v) is 4.90. The minimum atomic E-state index is -6.24. The number of hydrogen-bond acceptors (Lipinski definition) is 3. The third-order valence-electron chi connectivity index (χ3n) is 2.37. The van der Waals surface area contributed by atoms with Gasteiger partial charge in [0.25, 0.3) is 4.75 Å². The highest BCUT2D eigenvalue weighted by molar-refractivity contribution is 8.40. The average molecular weight is 395 g/mol. The fourth-order valence-corrected chi connectivity index (χ4v) is 4.06. The van der Waals surface area contributed by atoms with Crippen LogP contribution >= 0.6 is 23.5 Å². The molecular formula is C10H7F10NS2. The van der Waals surface area contributed by atoms with Crippen LogP contribution in [0.1, 0.15) is 13.8 Å². The highest BCUT2D eigenvalue weighted by Crippen LogP contribution is 2.62. The zero-order valence-corrected chi connectivity index (χ0v) is 12.8. The molecule has 1 aliphatic heterocycles. The molecule has 1 aliphatic rings. The Kier molecular flexibility index (Phi) is 5.38. The van der Waals surface area contributed by atoms with Gasteiger partial charge in [-0.3, -0.25) is 0 Å². The maximum Gasteiger partial charge on any atom is 0.444 e. The summed E-state index contributed by atoms with van der Waals surface area (Å²) in [5.41, 5.74) is -2.72. The Balaban J connectivity index is 3.69. The average Bonchev–Trinajstić information content (AvgIpc) is 2.64. The van der Waals surface area contributed by atoms with E-state index in [1.807, 2.05) is 0 Å². The van der Waals surface area contributed by atoms with Crippen molar-refractivity contribution in [3.63, 3.8) is 0 Å². The molecule has 0 atom stereocenters. The van der Waals surface area contributed by atoms with Crippen LogP contribution in [0.5, 0.6) is 0 Å². The highest BCUT2D eigenvalue weighted by atomic mass is 32.2. The lowest BCUT2D eigenvalue weighted by atomic mass is 10.0. The number of alkyl halides is 9. The summed E-state index contributed by atoms with van der Waals surface area (Å²) in [6, 6.07) is 0. The number of aliphatic imine (C=N–C) groups is 1. The van der Waals surface area contributed by atoms with Crippen LogP contribution in [0.3, 0.4) is 0 Å². The minimum Gasteiger partial charge on any atom is -0.234 e. The predicted molar refractivity (Wildman–Crippen MR) is 66.8 cm³/mol. The summed E-state index contributed by atoms with van der Waals surface area (Å²) in [5, 5.41) is -0.575. The molecule has 0 spiro atoms. The van der Waals surface area contributed by atoms with Gasteiger partial charge in [-0.2, -0.15) is 43.9 Å². The van der Waals surface area contributed by atoms with E-state index in [4.69, 9.17) is 0 Å². The first-order valence-electron chi connectivity index (χ1n) is 5.59. The van der Waals surface area contributed by atoms with Crippen LogP contribution < -0.4 is 0 Å². The first-order chi connectivity index (χ1) is 10.0. The van der Waals surface area contributed by atoms with Crippen molar-refractivity contribution in [2.75, 3.05) is 0 Å². The molecule has 0 fully saturated rings. The van der Waals surface area contributed by atoms with E-state index in [9.17, 15) is 43.9 Å². The normalized spacial score (nSPS) is 21.7. The van der Waals surface area contributed by atoms with Gasteiger partial charge in [0.15, 0.2) is 0 Å². The summed E-state index contributed by atoms with van der Waals surface area (Å²) in [7, 11) is 0. The summed E-state index contributed by atoms with van der Waals surface area (Å²) in [4.78, 5) is 2.67. The first kappa shape index (κ1) is 20.5. The van der Waals surface area contributed by atoms with Crippen molar-refractivity contribution < 1.29 is 43.9 Å². The lowest BCUT2D eigenvalue weighted by Gasteiger charge is -2.33. The van der Waals surface area contributed by atoms with Crippen LogP contribution in [0.25, 0.3) is 0 Å². The van der Waals surface area contributed by atoms with Gasteiger partial charge in [-0.15, -0.1) is 0 Å². The SMILES string of the molecule is CC(C)SC1=N/C(=C(/F)C(F)(F)F)C(C(F)(F)F)(C(F)(F)F)S1. The number of rotatable bonds is 1. The van der Waals surface area contributed by atoms with Crippen molar-refractivity contribution in [2.45, 2.75) is 42.4 Å². The molecule has 0 saturated carbocycles. The van der Waals surface area contributed by atoms with Crippen LogP contribution in [0.2, 0.25) is 0 Å². The number of allylic oxidation sites excluding steroid dienone is 1. The van der Waals surface area contributed by atoms with E-state index >= 15 is 0 Å². The molecule has 0 amide bonds. The topological polar surface area (TPSA) is 12.4 Å². The fourth-order valence-electron chi connectivity index (χ4n) is 1.51. The van der Waals surface area contributed by atoms with E-state index in [0.29, 0.717) is 11.8 Å². The third kappa shape index (κ3) is 3.74. The molecule has 134 valence electrons. The molecule has 1 heterocycles. The van der Waals surface area contributed by atoms with Crippen molar-refractivity contribution in [3.8, 4) is 0 Å². The Morgan fingerprint density at radius 3 is 1.74 bits per heavy atom. The second-order valence-electron chi connectivity index (χ2n) is 4.48. The lowest BCUT2D eigenvalue weighted by molar-refractivity contribution is -0.253. The molecule has 0 radical (unpaired) electrons. The van der Waals surface area contributed by atoms with Crippen LogP contribution in [0.4, 0.5) is 43.9 Å². The summed E-state index contributed by atoms with van der Waals surface area (Å²) in [6.07, 6.45) is -18.5. The van der Waals surface area contributed by atoms with Gasteiger partial charge in [-0.25, -0.2) is 4.99 Å². The van der Waals surface area contributed by atoms with Gasteiger partial charge >= 0.3 is 18.5 Å². The molecule has 0 aliphatic carbocycles. The lowest BCUT2D eigenvalue weighted by Crippen LogP contribution is -2.54. The molecule has 1 nitrogen and oxygen atoms in total. The Morgan fingerprint density at radius 1 is 1.00 bits per heavy atom. The van der Waals surface area contributed by atoms with E-state index in [0.717, 1.165) is 0 Å². The van der Waals surface area contributed by atoms with E-state index in [2.05, 4.69) is 4.99 Å². The van der Waals surface area contributed by atoms with Crippen molar-refractivity contribution in [1.82, 2.24) is 0 Å². The van der Waals surface area contributed by atoms with E-state index < -0.39 is 56.2 Å². The van der Waals surface area contributed by atoms with Gasteiger partial charge in [0, 0.05) is 5.25 Å². The molecular weight excluding hydrogens is 388 g/mol. The summed E-state index contributed by atoms with van der Waals surface area (Å²) < 4.78 is 123. The Labute approximate surface area is 131 Å². The maximum atomic E-state index is 13.3. The van der Waals surface area contributed by atoms with E-state index in [1.165, 1.54) is 13.8 Å². The number of nitrogens with zero attached hydrogens (tertiary/aromatic N) is 1. The summed E-state index contributed by atoms with van der Waals surface area (Å²) >= 11 is -0.609. The fraction of sp³-hybridized carbons (Fsp3) is 0.700. The Hall–Kier alpha value is -0.590. The zero-order valence-electron chi connectivity index (χ0n) is 11.1. The van der Waals surface area contributed by atoms with Gasteiger partial charge < -0.3 is 0 Å². The highest BCUT2D eigenvalue weighted by Gasteiger charge is 2.77. The van der Waals surface area contributed by atoms with E-state index in [-0.39, 0.29) is 0 Å². The number of halogens is 10. The maximum absolute atomic E-state index is 13.3. The van der Waals surface area contributed by atoms with Crippen molar-refractivity contribution in [3.05, 3.63) is 11.5 Å². The molecule has 23 heavy (non-hydrogen) atoms. The molecule has 13 heteroatoms. The number of hydrogen-bond donors (Lipinski definition) is 0. The summed E-state index contributed by atoms with van der Waals surface area (Å²) in [5.74, 6) is -3.51. The van der Waals surface area contributed by atoms with Crippen molar-refractivity contribution in [1.29, 1.82) is 0 Å². The molecule has 0 bridgehead atoms. The van der Waals surface area contributed by atoms with Crippen molar-refractivity contribution >= 4 is 27.9 Å². The molecule has 1 rings (SSSR count). The second kappa shape index (κ2) is 6.05. The van der Waals surface area contributed by atoms with Gasteiger partial charge in [-0.05, 0) is 0 Å². The predicted octanol–water partition coefficient (Wildman–Crippen LogP) is 5.84. The molecule has 0 N–H and O–H groups in total. The van der Waals surface area contributed by atoms with Gasteiger partial charge in [-0.1, -0.05) is 37.4 Å². The summed E-state index contributed by atoms with van der Waals surface area (Å²) in [6.45, 7) is 2.75. The molecule has 0 unspecified atom stereocenters. The smallest absolute Gasteiger partial charge is 0.234 e. The first-order valence-corrected chi connectivity index (χ1v) is 7.29. The standard InChI is InChI=1S/C10H7F10NS2/c1-3(2)22-6-21-5(4(11)8(12,13)14)7(23-6,9(15,16)17)10(18,19)20/h3H,1-2H3/b5-4+. The number of thioether (sulfide) groups is 2. The van der Waals surface area contributed by atoms with Crippen LogP contribution in [-0.4, -0.2) is 32.9 Å². The molecule has 0 aromatic carbocycles. The van der Waals surface area contributed by atoms with Crippen LogP contribution in [0.15, 0.2) is 16.5 Å². The largest absolute Gasteiger partial charge is 0.444 e. The zero-order chi connectivity index (χ0) is 18.4. The Bertz CT molecular complexity index is 511. The minimum absolute atomic E-state index is 0.373. The van der Waals surface area contributed by atoms with Gasteiger partial charge in [0.05, 0.1) is 0 Å². The second-order valence-corrected chi connectivity index (χ2v) is 7.51. The van der Waals surface area contributed by atoms with Crippen LogP contribution in [-0.2, 0) is 0 Å². The van der Waals surface area contributed by atoms with Gasteiger partial charge in [0.2, 0.25) is 5.83 Å². The molecule has 0 saturated heterocycles. The Morgan fingerprint density at radius 2 is 1.43 bits per heavy atom. The van der Waals surface area contributed by atoms with Crippen LogP contribution in [0, 0.1) is 0 Å².